The number of halogens is 6. The average Bonchev–Trinajstić information content (AvgIpc) is 4.11. The fraction of sp³-hybridized carbons (Fsp3) is 0.429. The Morgan fingerprint density at radius 3 is 0.776 bits per heavy atom. The maximum atomic E-state index is 14.2. The van der Waals surface area contributed by atoms with Gasteiger partial charge in [0, 0.05) is 57.9 Å². The van der Waals surface area contributed by atoms with Crippen LogP contribution in [0.4, 0.5) is 77.5 Å². The molecule has 0 aliphatic carbocycles. The summed E-state index contributed by atoms with van der Waals surface area (Å²) in [5, 5.41) is 0. The Kier molecular flexibility index (Phi) is 24.3. The molecule has 1 radical (unpaired) electrons. The van der Waals surface area contributed by atoms with Crippen molar-refractivity contribution in [1.82, 2.24) is 0 Å². The van der Waals surface area contributed by atoms with Crippen molar-refractivity contribution in [3.05, 3.63) is 162 Å². The molecule has 0 bridgehead atoms. The largest absolute Gasteiger partial charge is 0.352 e. The molecule has 3 aliphatic rings. The second kappa shape index (κ2) is 30.9. The minimum Gasteiger partial charge on any atom is -0.352 e. The Bertz CT molecular complexity index is 2400. The average molecular weight is 1230 g/mol. The molecule has 0 saturated carbocycles. The number of benzene rings is 6. The first kappa shape index (κ1) is 59.6. The fourth-order valence-corrected chi connectivity index (χ4v) is 10.4. The quantitative estimate of drug-likeness (QED) is 0.0441. The summed E-state index contributed by atoms with van der Waals surface area (Å²) in [7, 11) is 0. The van der Waals surface area contributed by atoms with Crippen LogP contribution in [0, 0.1) is 34.9 Å². The van der Waals surface area contributed by atoms with Crippen LogP contribution in [0.3, 0.4) is 0 Å². The van der Waals surface area contributed by atoms with Gasteiger partial charge >= 0.3 is 0 Å². The van der Waals surface area contributed by atoms with Crippen LogP contribution in [0.25, 0.3) is 0 Å². The van der Waals surface area contributed by atoms with Crippen LogP contribution in [-0.2, 0) is 20.1 Å². The van der Waals surface area contributed by atoms with Gasteiger partial charge in [-0.15, -0.1) is 0 Å². The van der Waals surface area contributed by atoms with Gasteiger partial charge in [-0.2, -0.15) is 0 Å². The molecule has 0 saturated heterocycles. The van der Waals surface area contributed by atoms with Crippen LogP contribution < -0.4 is 29.4 Å². The molecule has 3 aliphatic heterocycles. The molecule has 0 N–H and O–H groups in total. The first-order valence-corrected chi connectivity index (χ1v) is 27.8. The van der Waals surface area contributed by atoms with Gasteiger partial charge in [-0.1, -0.05) is 153 Å². The Morgan fingerprint density at radius 1 is 0.289 bits per heavy atom. The van der Waals surface area contributed by atoms with Crippen molar-refractivity contribution in [2.75, 3.05) is 69.0 Å². The summed E-state index contributed by atoms with van der Waals surface area (Å²) in [4.78, 5) is 12.7. The summed E-state index contributed by atoms with van der Waals surface area (Å²) >= 11 is 0. The summed E-state index contributed by atoms with van der Waals surface area (Å²) in [5.41, 5.74) is 7.62. The number of nitrogens with zero attached hydrogens (tertiary/aromatic N) is 6. The summed E-state index contributed by atoms with van der Waals surface area (Å²) in [6, 6.07) is 35.5. The Labute approximate surface area is 463 Å². The monoisotopic (exact) mass is 1230 g/mol. The maximum absolute atomic E-state index is 14.2. The molecular weight excluding hydrogens is 1150 g/mol. The maximum Gasteiger partial charge on any atom is 0.149 e. The third kappa shape index (κ3) is 16.2. The number of para-hydroxylation sites is 6. The number of fused-ring (bicyclic) bond motifs is 3. The first-order chi connectivity index (χ1) is 36.6. The van der Waals surface area contributed by atoms with E-state index < -0.39 is 34.9 Å². The second-order valence-corrected chi connectivity index (χ2v) is 20.1. The third-order valence-corrected chi connectivity index (χ3v) is 14.4. The minimum absolute atomic E-state index is 0. The molecule has 0 amide bonds. The van der Waals surface area contributed by atoms with E-state index >= 15 is 0 Å². The van der Waals surface area contributed by atoms with E-state index in [1.807, 2.05) is 69.3 Å². The molecule has 6 aromatic rings. The van der Waals surface area contributed by atoms with Crippen molar-refractivity contribution in [2.24, 2.45) is 0 Å². The van der Waals surface area contributed by atoms with Gasteiger partial charge in [0.05, 0.1) is 71.2 Å². The minimum atomic E-state index is -0.544. The summed E-state index contributed by atoms with van der Waals surface area (Å²) in [6.07, 6.45) is 22.6. The van der Waals surface area contributed by atoms with Crippen LogP contribution in [-0.4, -0.2) is 39.6 Å². The Morgan fingerprint density at radius 2 is 0.526 bits per heavy atom. The van der Waals surface area contributed by atoms with E-state index in [-0.39, 0.29) is 20.1 Å². The van der Waals surface area contributed by atoms with Crippen molar-refractivity contribution in [3.8, 4) is 0 Å². The van der Waals surface area contributed by atoms with Gasteiger partial charge in [0.1, 0.15) is 34.9 Å². The molecule has 0 spiro atoms. The zero-order chi connectivity index (χ0) is 52.9. The van der Waals surface area contributed by atoms with Gasteiger partial charge in [0.2, 0.25) is 0 Å². The molecule has 3 heterocycles. The Balaban J connectivity index is 0.000000184. The molecule has 411 valence electrons. The van der Waals surface area contributed by atoms with Crippen molar-refractivity contribution in [1.29, 1.82) is 0 Å². The van der Waals surface area contributed by atoms with Gasteiger partial charge in [-0.25, -0.2) is 26.3 Å². The van der Waals surface area contributed by atoms with Crippen LogP contribution in [0.1, 0.15) is 136 Å². The van der Waals surface area contributed by atoms with Crippen LogP contribution in [0.2, 0.25) is 0 Å². The number of anilines is 9. The van der Waals surface area contributed by atoms with E-state index in [4.69, 9.17) is 0 Å². The van der Waals surface area contributed by atoms with Crippen molar-refractivity contribution in [2.45, 2.75) is 136 Å². The summed E-state index contributed by atoms with van der Waals surface area (Å²) < 4.78 is 82.4. The zero-order valence-electron chi connectivity index (χ0n) is 44.9. The third-order valence-electron chi connectivity index (χ3n) is 14.4. The first-order valence-electron chi connectivity index (χ1n) is 27.8. The van der Waals surface area contributed by atoms with E-state index in [0.717, 1.165) is 91.2 Å². The van der Waals surface area contributed by atoms with Crippen LogP contribution in [0.15, 0.2) is 127 Å². The smallest absolute Gasteiger partial charge is 0.149 e. The van der Waals surface area contributed by atoms with Crippen molar-refractivity contribution >= 4 is 51.2 Å². The van der Waals surface area contributed by atoms with Gasteiger partial charge in [-0.05, 0) is 92.1 Å². The number of hydrogen-bond acceptors (Lipinski definition) is 6. The number of hydrogen-bond donors (Lipinski definition) is 0. The molecule has 0 atom stereocenters. The molecule has 6 nitrogen and oxygen atoms in total. The molecule has 6 aromatic carbocycles. The number of rotatable bonds is 24. The fourth-order valence-electron chi connectivity index (χ4n) is 10.4. The molecule has 0 fully saturated rings. The molecular formula is C63H78F6IrN6. The van der Waals surface area contributed by atoms with Crippen LogP contribution in [0.5, 0.6) is 0 Å². The zero-order valence-corrected chi connectivity index (χ0v) is 47.3. The summed E-state index contributed by atoms with van der Waals surface area (Å²) in [5.74, 6) is -3.18. The van der Waals surface area contributed by atoms with Gasteiger partial charge in [0.15, 0.2) is 0 Å². The second-order valence-electron chi connectivity index (χ2n) is 20.1. The molecule has 0 unspecified atom stereocenters. The van der Waals surface area contributed by atoms with E-state index in [1.54, 1.807) is 0 Å². The number of unbranched alkanes of at least 4 members (excludes halogenated alkanes) is 15. The van der Waals surface area contributed by atoms with Crippen molar-refractivity contribution in [3.63, 3.8) is 0 Å². The Hall–Kier alpha value is -5.65. The van der Waals surface area contributed by atoms with E-state index in [1.165, 1.54) is 133 Å². The predicted octanol–water partition coefficient (Wildman–Crippen LogP) is 18.7. The van der Waals surface area contributed by atoms with Gasteiger partial charge in [0.25, 0.3) is 0 Å². The van der Waals surface area contributed by atoms with E-state index in [2.05, 4.69) is 53.7 Å². The SMILES string of the molecule is CCCCCCCCN1CN(c2ccc(F)cc2F)c2ccccc21.CCCCCCCCN1CN(c2ccc(F)cc2F)c2ccccc21.CCCCCCCCN1CN(c2ccc(F)cc2F)c2ccccc21.[Ir]. The normalized spacial score (nSPS) is 13.2. The standard InChI is InChI=1S/3C21H26F2N2.Ir/c3*1-2-3-4-5-6-9-14-24-16-25(21-11-8-7-10-20(21)24)19-13-12-17(22)15-18(19)23;/h3*7-8,10-13,15H,2-6,9,14,16H2,1H3;. The molecule has 76 heavy (non-hydrogen) atoms. The van der Waals surface area contributed by atoms with Gasteiger partial charge in [-0.3, -0.25) is 0 Å². The summed E-state index contributed by atoms with van der Waals surface area (Å²) in [6.45, 7) is 11.4. The molecule has 0 aromatic heterocycles. The predicted molar refractivity (Wildman–Crippen MR) is 302 cm³/mol. The molecule has 9 rings (SSSR count). The molecule has 13 heteroatoms. The van der Waals surface area contributed by atoms with E-state index in [9.17, 15) is 26.3 Å². The van der Waals surface area contributed by atoms with E-state index in [0.29, 0.717) is 37.1 Å². The topological polar surface area (TPSA) is 19.4 Å². The van der Waals surface area contributed by atoms with Crippen molar-refractivity contribution < 1.29 is 46.4 Å². The van der Waals surface area contributed by atoms with Gasteiger partial charge < -0.3 is 29.4 Å². The van der Waals surface area contributed by atoms with Crippen LogP contribution >= 0.6 is 0 Å².